The summed E-state index contributed by atoms with van der Waals surface area (Å²) < 4.78 is 12.1. The summed E-state index contributed by atoms with van der Waals surface area (Å²) in [5.41, 5.74) is 3.52. The number of nitrogens with one attached hydrogen (secondary N) is 3. The summed E-state index contributed by atoms with van der Waals surface area (Å²) in [6.07, 6.45) is 2.58. The third kappa shape index (κ3) is 9.84. The topological polar surface area (TPSA) is 104 Å². The molecule has 3 aromatic carbocycles. The van der Waals surface area contributed by atoms with E-state index in [1.54, 1.807) is 24.3 Å². The van der Waals surface area contributed by atoms with Crippen molar-refractivity contribution in [3.63, 3.8) is 0 Å². The summed E-state index contributed by atoms with van der Waals surface area (Å²) >= 11 is 0. The molecule has 0 bridgehead atoms. The summed E-state index contributed by atoms with van der Waals surface area (Å²) in [4.78, 5) is 36.2. The van der Waals surface area contributed by atoms with Gasteiger partial charge < -0.3 is 16.0 Å². The SMILES string of the molecule is O=C(CS(=O)CC(=O)Nc1ccccc1)NCCCCCC(=O)Nc1cccc(-c2ccccc2)c1. The molecule has 0 aliphatic carbocycles. The van der Waals surface area contributed by atoms with Crippen molar-refractivity contribution in [2.45, 2.75) is 25.7 Å². The van der Waals surface area contributed by atoms with Gasteiger partial charge in [-0.15, -0.1) is 0 Å². The number of hydrogen-bond donors (Lipinski definition) is 3. The van der Waals surface area contributed by atoms with Crippen LogP contribution in [0.5, 0.6) is 0 Å². The lowest BCUT2D eigenvalue weighted by molar-refractivity contribution is -0.119. The Bertz CT molecular complexity index is 1170. The predicted molar refractivity (Wildman–Crippen MR) is 145 cm³/mol. The normalized spacial score (nSPS) is 11.3. The van der Waals surface area contributed by atoms with Crippen LogP contribution in [0, 0.1) is 0 Å². The van der Waals surface area contributed by atoms with Gasteiger partial charge in [-0.05, 0) is 48.2 Å². The molecule has 0 spiro atoms. The largest absolute Gasteiger partial charge is 0.355 e. The van der Waals surface area contributed by atoms with E-state index >= 15 is 0 Å². The quantitative estimate of drug-likeness (QED) is 0.300. The molecule has 7 nitrogen and oxygen atoms in total. The fraction of sp³-hybridized carbons (Fsp3) is 0.250. The number of rotatable bonds is 13. The van der Waals surface area contributed by atoms with E-state index < -0.39 is 16.7 Å². The molecule has 188 valence electrons. The Kier molecular flexibility index (Phi) is 10.9. The third-order valence-electron chi connectivity index (χ3n) is 5.30. The van der Waals surface area contributed by atoms with Gasteiger partial charge in [0.05, 0.1) is 0 Å². The van der Waals surface area contributed by atoms with E-state index in [-0.39, 0.29) is 23.3 Å². The lowest BCUT2D eigenvalue weighted by Gasteiger charge is -2.08. The van der Waals surface area contributed by atoms with E-state index in [1.165, 1.54) is 0 Å². The highest BCUT2D eigenvalue weighted by atomic mass is 32.2. The zero-order chi connectivity index (χ0) is 25.6. The van der Waals surface area contributed by atoms with Crippen molar-refractivity contribution >= 4 is 39.9 Å². The van der Waals surface area contributed by atoms with Crippen molar-refractivity contribution < 1.29 is 18.6 Å². The second-order valence-corrected chi connectivity index (χ2v) is 9.76. The molecule has 0 aromatic heterocycles. The van der Waals surface area contributed by atoms with Gasteiger partial charge in [-0.2, -0.15) is 0 Å². The zero-order valence-electron chi connectivity index (χ0n) is 20.1. The van der Waals surface area contributed by atoms with Crippen LogP contribution >= 0.6 is 0 Å². The molecule has 3 aromatic rings. The highest BCUT2D eigenvalue weighted by Crippen LogP contribution is 2.22. The number of carbonyl (C=O) groups excluding carboxylic acids is 3. The highest BCUT2D eigenvalue weighted by Gasteiger charge is 2.12. The summed E-state index contributed by atoms with van der Waals surface area (Å²) in [7, 11) is -1.58. The number of anilines is 2. The fourth-order valence-electron chi connectivity index (χ4n) is 3.56. The summed E-state index contributed by atoms with van der Waals surface area (Å²) in [6, 6.07) is 26.6. The summed E-state index contributed by atoms with van der Waals surface area (Å²) in [6.45, 7) is 0.437. The highest BCUT2D eigenvalue weighted by molar-refractivity contribution is 7.86. The van der Waals surface area contributed by atoms with Crippen LogP contribution in [-0.2, 0) is 25.2 Å². The number of amides is 3. The minimum atomic E-state index is -1.58. The molecule has 0 heterocycles. The second-order valence-electron chi connectivity index (χ2n) is 8.30. The van der Waals surface area contributed by atoms with Crippen molar-refractivity contribution in [3.8, 4) is 11.1 Å². The first-order valence-electron chi connectivity index (χ1n) is 11.9. The number of carbonyl (C=O) groups is 3. The van der Waals surface area contributed by atoms with Gasteiger partial charge in [0.25, 0.3) is 0 Å². The Hall–Kier alpha value is -3.78. The Morgan fingerprint density at radius 2 is 1.22 bits per heavy atom. The van der Waals surface area contributed by atoms with Crippen LogP contribution in [0.1, 0.15) is 25.7 Å². The Morgan fingerprint density at radius 3 is 1.97 bits per heavy atom. The second kappa shape index (κ2) is 14.6. The van der Waals surface area contributed by atoms with Crippen molar-refractivity contribution in [2.24, 2.45) is 0 Å². The zero-order valence-corrected chi connectivity index (χ0v) is 20.9. The van der Waals surface area contributed by atoms with Gasteiger partial charge in [-0.1, -0.05) is 67.1 Å². The predicted octanol–water partition coefficient (Wildman–Crippen LogP) is 4.36. The molecule has 0 saturated carbocycles. The van der Waals surface area contributed by atoms with Gasteiger partial charge in [0.15, 0.2) is 0 Å². The molecule has 8 heteroatoms. The van der Waals surface area contributed by atoms with Gasteiger partial charge in [-0.3, -0.25) is 18.6 Å². The lowest BCUT2D eigenvalue weighted by atomic mass is 10.1. The molecular formula is C28H31N3O4S. The third-order valence-corrected chi connectivity index (χ3v) is 6.47. The van der Waals surface area contributed by atoms with Crippen molar-refractivity contribution in [1.82, 2.24) is 5.32 Å². The van der Waals surface area contributed by atoms with Crippen LogP contribution in [0.25, 0.3) is 11.1 Å². The average molecular weight is 506 g/mol. The molecule has 36 heavy (non-hydrogen) atoms. The van der Waals surface area contributed by atoms with Gasteiger partial charge in [0.2, 0.25) is 17.7 Å². The van der Waals surface area contributed by atoms with Crippen molar-refractivity contribution in [3.05, 3.63) is 84.9 Å². The molecule has 3 rings (SSSR count). The summed E-state index contributed by atoms with van der Waals surface area (Å²) in [5.74, 6) is -1.24. The van der Waals surface area contributed by atoms with E-state index in [1.807, 2.05) is 60.7 Å². The first-order chi connectivity index (χ1) is 17.5. The lowest BCUT2D eigenvalue weighted by Crippen LogP contribution is -2.31. The van der Waals surface area contributed by atoms with Crippen LogP contribution in [-0.4, -0.2) is 40.0 Å². The summed E-state index contributed by atoms with van der Waals surface area (Å²) in [5, 5.41) is 8.31. The van der Waals surface area contributed by atoms with Gasteiger partial charge >= 0.3 is 0 Å². The first kappa shape index (κ1) is 26.8. The fourth-order valence-corrected chi connectivity index (χ4v) is 4.42. The van der Waals surface area contributed by atoms with Gasteiger partial charge in [-0.25, -0.2) is 0 Å². The number of hydrogen-bond acceptors (Lipinski definition) is 4. The number of unbranched alkanes of at least 4 members (excludes halogenated alkanes) is 2. The van der Waals surface area contributed by atoms with Crippen LogP contribution in [0.15, 0.2) is 84.9 Å². The molecule has 1 unspecified atom stereocenters. The van der Waals surface area contributed by atoms with Crippen LogP contribution in [0.4, 0.5) is 11.4 Å². The monoisotopic (exact) mass is 505 g/mol. The molecule has 0 radical (unpaired) electrons. The Labute approximate surface area is 214 Å². The Morgan fingerprint density at radius 1 is 0.611 bits per heavy atom. The van der Waals surface area contributed by atoms with E-state index in [9.17, 15) is 18.6 Å². The molecule has 3 amide bonds. The maximum absolute atomic E-state index is 12.3. The minimum Gasteiger partial charge on any atom is -0.355 e. The minimum absolute atomic E-state index is 0.0478. The van der Waals surface area contributed by atoms with Crippen molar-refractivity contribution in [2.75, 3.05) is 28.7 Å². The van der Waals surface area contributed by atoms with Gasteiger partial charge in [0, 0.05) is 35.1 Å². The number of para-hydroxylation sites is 1. The van der Waals surface area contributed by atoms with E-state index in [2.05, 4.69) is 16.0 Å². The molecule has 0 aliphatic heterocycles. The van der Waals surface area contributed by atoms with Crippen LogP contribution in [0.2, 0.25) is 0 Å². The van der Waals surface area contributed by atoms with Crippen molar-refractivity contribution in [1.29, 1.82) is 0 Å². The molecule has 0 aliphatic rings. The average Bonchev–Trinajstić information content (AvgIpc) is 2.87. The van der Waals surface area contributed by atoms with Gasteiger partial charge in [0.1, 0.15) is 11.5 Å². The number of benzene rings is 3. The van der Waals surface area contributed by atoms with Crippen LogP contribution in [0.3, 0.4) is 0 Å². The molecule has 0 saturated heterocycles. The molecule has 0 fully saturated rings. The molecular weight excluding hydrogens is 474 g/mol. The maximum atomic E-state index is 12.3. The molecule has 3 N–H and O–H groups in total. The maximum Gasteiger partial charge on any atom is 0.237 e. The van der Waals surface area contributed by atoms with E-state index in [4.69, 9.17) is 0 Å². The first-order valence-corrected chi connectivity index (χ1v) is 13.4. The standard InChI is InChI=1S/C28H31N3O4S/c32-26(31-25-16-10-13-23(19-25)22-11-4-1-5-12-22)17-8-3-9-18-29-27(33)20-36(35)21-28(34)30-24-14-6-2-7-15-24/h1-2,4-7,10-16,19H,3,8-9,17-18,20-21H2,(H,29,33)(H,30,34)(H,31,32). The smallest absolute Gasteiger partial charge is 0.237 e. The van der Waals surface area contributed by atoms with Crippen LogP contribution < -0.4 is 16.0 Å². The van der Waals surface area contributed by atoms with E-state index in [0.29, 0.717) is 31.5 Å². The molecule has 1 atom stereocenters. The Balaban J connectivity index is 1.26. The van der Waals surface area contributed by atoms with E-state index in [0.717, 1.165) is 23.2 Å².